The van der Waals surface area contributed by atoms with Gasteiger partial charge < -0.3 is 10.6 Å². The van der Waals surface area contributed by atoms with Crippen LogP contribution in [0.25, 0.3) is 0 Å². The molecule has 1 aliphatic rings. The lowest BCUT2D eigenvalue weighted by molar-refractivity contribution is 0.459. The summed E-state index contributed by atoms with van der Waals surface area (Å²) in [6.07, 6.45) is 8.07. The Morgan fingerprint density at radius 1 is 1.42 bits per heavy atom. The van der Waals surface area contributed by atoms with Crippen LogP contribution in [-0.2, 0) is 6.42 Å². The summed E-state index contributed by atoms with van der Waals surface area (Å²) in [5.41, 5.74) is 7.25. The summed E-state index contributed by atoms with van der Waals surface area (Å²) in [5, 5.41) is 0. The van der Waals surface area contributed by atoms with Crippen molar-refractivity contribution >= 4 is 5.82 Å². The van der Waals surface area contributed by atoms with Gasteiger partial charge in [-0.1, -0.05) is 19.4 Å². The number of aromatic nitrogens is 1. The summed E-state index contributed by atoms with van der Waals surface area (Å²) in [5.74, 6) is 2.06. The average Bonchev–Trinajstić information content (AvgIpc) is 2.64. The molecule has 2 heterocycles. The van der Waals surface area contributed by atoms with Crippen LogP contribution in [-0.4, -0.2) is 24.1 Å². The zero-order valence-electron chi connectivity index (χ0n) is 12.3. The van der Waals surface area contributed by atoms with Crippen LogP contribution >= 0.6 is 0 Å². The van der Waals surface area contributed by atoms with Gasteiger partial charge in [0, 0.05) is 25.3 Å². The van der Waals surface area contributed by atoms with Gasteiger partial charge in [0.05, 0.1) is 0 Å². The van der Waals surface area contributed by atoms with Crippen molar-refractivity contribution in [1.29, 1.82) is 0 Å². The standard InChI is InChI=1S/C16H27N3/c1-3-14-6-5-10-19(11-8-14)16-15(12-13(2)17)7-4-9-18-16/h4,7,9,13-14H,3,5-6,8,10-12,17H2,1-2H3. The normalized spacial score (nSPS) is 22.1. The quantitative estimate of drug-likeness (QED) is 0.906. The third-order valence-electron chi connectivity index (χ3n) is 4.13. The van der Waals surface area contributed by atoms with Crippen molar-refractivity contribution in [1.82, 2.24) is 4.98 Å². The maximum absolute atomic E-state index is 5.95. The maximum Gasteiger partial charge on any atom is 0.131 e. The number of nitrogens with two attached hydrogens (primary N) is 1. The van der Waals surface area contributed by atoms with E-state index in [1.165, 1.54) is 31.2 Å². The zero-order valence-corrected chi connectivity index (χ0v) is 12.3. The first-order chi connectivity index (χ1) is 9.20. The molecule has 1 saturated heterocycles. The Morgan fingerprint density at radius 3 is 3.00 bits per heavy atom. The largest absolute Gasteiger partial charge is 0.356 e. The van der Waals surface area contributed by atoms with Crippen LogP contribution in [0.2, 0.25) is 0 Å². The fourth-order valence-electron chi connectivity index (χ4n) is 3.01. The van der Waals surface area contributed by atoms with Gasteiger partial charge in [-0.2, -0.15) is 0 Å². The molecule has 2 unspecified atom stereocenters. The average molecular weight is 261 g/mol. The van der Waals surface area contributed by atoms with E-state index in [-0.39, 0.29) is 6.04 Å². The van der Waals surface area contributed by atoms with Gasteiger partial charge in [0.2, 0.25) is 0 Å². The Morgan fingerprint density at radius 2 is 2.26 bits per heavy atom. The molecule has 1 fully saturated rings. The Hall–Kier alpha value is -1.09. The number of nitrogens with zero attached hydrogens (tertiary/aromatic N) is 2. The highest BCUT2D eigenvalue weighted by Gasteiger charge is 2.19. The van der Waals surface area contributed by atoms with Gasteiger partial charge in [-0.25, -0.2) is 4.98 Å². The molecule has 1 aromatic rings. The van der Waals surface area contributed by atoms with Crippen molar-refractivity contribution < 1.29 is 0 Å². The van der Waals surface area contributed by atoms with E-state index in [0.29, 0.717) is 0 Å². The minimum absolute atomic E-state index is 0.193. The van der Waals surface area contributed by atoms with E-state index in [2.05, 4.69) is 29.8 Å². The van der Waals surface area contributed by atoms with E-state index in [1.54, 1.807) is 0 Å². The van der Waals surface area contributed by atoms with E-state index in [0.717, 1.165) is 31.2 Å². The van der Waals surface area contributed by atoms with E-state index < -0.39 is 0 Å². The fraction of sp³-hybridized carbons (Fsp3) is 0.688. The number of hydrogen-bond donors (Lipinski definition) is 1. The Labute approximate surface area is 117 Å². The molecule has 1 aliphatic heterocycles. The van der Waals surface area contributed by atoms with Gasteiger partial charge in [-0.05, 0) is 50.2 Å². The van der Waals surface area contributed by atoms with Gasteiger partial charge in [0.1, 0.15) is 5.82 Å². The lowest BCUT2D eigenvalue weighted by Crippen LogP contribution is -2.28. The molecule has 0 saturated carbocycles. The van der Waals surface area contributed by atoms with Gasteiger partial charge in [-0.3, -0.25) is 0 Å². The van der Waals surface area contributed by atoms with Gasteiger partial charge in [-0.15, -0.1) is 0 Å². The predicted octanol–water partition coefficient (Wildman–Crippen LogP) is 2.99. The Kier molecular flexibility index (Phi) is 5.20. The third-order valence-corrected chi connectivity index (χ3v) is 4.13. The summed E-state index contributed by atoms with van der Waals surface area (Å²) in [7, 11) is 0. The molecule has 106 valence electrons. The van der Waals surface area contributed by atoms with Crippen LogP contribution in [0.5, 0.6) is 0 Å². The minimum atomic E-state index is 0.193. The molecule has 1 aromatic heterocycles. The first-order valence-electron chi connectivity index (χ1n) is 7.65. The molecule has 3 nitrogen and oxygen atoms in total. The predicted molar refractivity (Wildman–Crippen MR) is 81.4 cm³/mol. The van der Waals surface area contributed by atoms with Crippen molar-refractivity contribution in [2.75, 3.05) is 18.0 Å². The number of anilines is 1. The second-order valence-electron chi connectivity index (χ2n) is 5.86. The highest BCUT2D eigenvalue weighted by molar-refractivity contribution is 5.47. The van der Waals surface area contributed by atoms with Gasteiger partial charge >= 0.3 is 0 Å². The van der Waals surface area contributed by atoms with Crippen LogP contribution in [0.4, 0.5) is 5.82 Å². The second kappa shape index (κ2) is 6.90. The monoisotopic (exact) mass is 261 g/mol. The molecule has 2 atom stereocenters. The Balaban J connectivity index is 2.12. The molecule has 0 aliphatic carbocycles. The molecule has 0 radical (unpaired) electrons. The SMILES string of the molecule is CCC1CCCN(c2ncccc2CC(C)N)CC1. The number of rotatable bonds is 4. The second-order valence-corrected chi connectivity index (χ2v) is 5.86. The molecule has 0 aromatic carbocycles. The van der Waals surface area contributed by atoms with E-state index in [4.69, 9.17) is 5.73 Å². The van der Waals surface area contributed by atoms with Crippen molar-refractivity contribution in [2.45, 2.75) is 52.0 Å². The molecule has 19 heavy (non-hydrogen) atoms. The van der Waals surface area contributed by atoms with Gasteiger partial charge in [0.15, 0.2) is 0 Å². The van der Waals surface area contributed by atoms with Crippen LogP contribution < -0.4 is 10.6 Å². The van der Waals surface area contributed by atoms with E-state index in [1.807, 2.05) is 12.3 Å². The highest BCUT2D eigenvalue weighted by atomic mass is 15.2. The summed E-state index contributed by atoms with van der Waals surface area (Å²) >= 11 is 0. The topological polar surface area (TPSA) is 42.2 Å². The zero-order chi connectivity index (χ0) is 13.7. The summed E-state index contributed by atoms with van der Waals surface area (Å²) < 4.78 is 0. The van der Waals surface area contributed by atoms with Crippen LogP contribution in [0.1, 0.15) is 45.1 Å². The minimum Gasteiger partial charge on any atom is -0.356 e. The van der Waals surface area contributed by atoms with E-state index in [9.17, 15) is 0 Å². The maximum atomic E-state index is 5.95. The van der Waals surface area contributed by atoms with Gasteiger partial charge in [0.25, 0.3) is 0 Å². The summed E-state index contributed by atoms with van der Waals surface area (Å²) in [6.45, 7) is 6.65. The third kappa shape index (κ3) is 3.93. The van der Waals surface area contributed by atoms with Crippen LogP contribution in [0.3, 0.4) is 0 Å². The molecule has 3 heteroatoms. The smallest absolute Gasteiger partial charge is 0.131 e. The molecular formula is C16H27N3. The molecule has 0 bridgehead atoms. The molecule has 2 rings (SSSR count). The molecule has 2 N–H and O–H groups in total. The van der Waals surface area contributed by atoms with Crippen molar-refractivity contribution in [2.24, 2.45) is 11.7 Å². The summed E-state index contributed by atoms with van der Waals surface area (Å²) in [6, 6.07) is 4.39. The molecule has 0 amide bonds. The highest BCUT2D eigenvalue weighted by Crippen LogP contribution is 2.25. The molecular weight excluding hydrogens is 234 g/mol. The van der Waals surface area contributed by atoms with Crippen molar-refractivity contribution in [3.63, 3.8) is 0 Å². The van der Waals surface area contributed by atoms with Crippen molar-refractivity contribution in [3.8, 4) is 0 Å². The first-order valence-corrected chi connectivity index (χ1v) is 7.65. The lowest BCUT2D eigenvalue weighted by atomic mass is 9.98. The Bertz CT molecular complexity index is 389. The fourth-order valence-corrected chi connectivity index (χ4v) is 3.01. The lowest BCUT2D eigenvalue weighted by Gasteiger charge is -2.24. The van der Waals surface area contributed by atoms with E-state index >= 15 is 0 Å². The number of pyridine rings is 1. The van der Waals surface area contributed by atoms with Crippen molar-refractivity contribution in [3.05, 3.63) is 23.9 Å². The molecule has 0 spiro atoms. The number of hydrogen-bond acceptors (Lipinski definition) is 3. The van der Waals surface area contributed by atoms with Crippen LogP contribution in [0.15, 0.2) is 18.3 Å². The van der Waals surface area contributed by atoms with Crippen LogP contribution in [0, 0.1) is 5.92 Å². The first kappa shape index (κ1) is 14.3. The summed E-state index contributed by atoms with van der Waals surface area (Å²) in [4.78, 5) is 7.08.